The highest BCUT2D eigenvalue weighted by Crippen LogP contribution is 2.15. The van der Waals surface area contributed by atoms with Gasteiger partial charge < -0.3 is 4.74 Å². The van der Waals surface area contributed by atoms with E-state index >= 15 is 0 Å². The molecule has 0 spiro atoms. The maximum absolute atomic E-state index is 11.4. The fraction of sp³-hybridized carbons (Fsp3) is 1.00. The molecular formula is C9H22N2O3S. The van der Waals surface area contributed by atoms with Crippen LogP contribution in [0.5, 0.6) is 0 Å². The average molecular weight is 238 g/mol. The third kappa shape index (κ3) is 4.92. The number of sulfone groups is 1. The maximum Gasteiger partial charge on any atom is 0.151 e. The highest BCUT2D eigenvalue weighted by Gasteiger charge is 2.29. The molecule has 0 amide bonds. The van der Waals surface area contributed by atoms with E-state index in [1.54, 1.807) is 14.0 Å². The second-order valence-corrected chi connectivity index (χ2v) is 6.39. The largest absolute Gasteiger partial charge is 0.385 e. The van der Waals surface area contributed by atoms with Crippen LogP contribution in [0.3, 0.4) is 0 Å². The van der Waals surface area contributed by atoms with Gasteiger partial charge in [0.25, 0.3) is 0 Å². The van der Waals surface area contributed by atoms with Gasteiger partial charge in [-0.3, -0.25) is 11.3 Å². The fourth-order valence-electron chi connectivity index (χ4n) is 1.51. The van der Waals surface area contributed by atoms with Crippen molar-refractivity contribution < 1.29 is 13.2 Å². The summed E-state index contributed by atoms with van der Waals surface area (Å²) in [5.41, 5.74) is 2.58. The summed E-state index contributed by atoms with van der Waals surface area (Å²) in [5, 5.41) is -0.491. The van der Waals surface area contributed by atoms with Gasteiger partial charge in [-0.25, -0.2) is 8.42 Å². The molecule has 0 aliphatic heterocycles. The average Bonchev–Trinajstić information content (AvgIpc) is 2.14. The molecule has 0 rings (SSSR count). The molecule has 0 radical (unpaired) electrons. The van der Waals surface area contributed by atoms with Gasteiger partial charge in [0.1, 0.15) is 0 Å². The number of hydrogen-bond donors (Lipinski definition) is 2. The Morgan fingerprint density at radius 1 is 1.40 bits per heavy atom. The maximum atomic E-state index is 11.4. The molecule has 5 nitrogen and oxygen atoms in total. The molecule has 92 valence electrons. The lowest BCUT2D eigenvalue weighted by molar-refractivity contribution is 0.169. The van der Waals surface area contributed by atoms with E-state index in [1.165, 1.54) is 6.26 Å². The Kier molecular flexibility index (Phi) is 6.35. The van der Waals surface area contributed by atoms with E-state index in [4.69, 9.17) is 10.6 Å². The van der Waals surface area contributed by atoms with Crippen molar-refractivity contribution >= 4 is 9.84 Å². The van der Waals surface area contributed by atoms with Gasteiger partial charge in [0.05, 0.1) is 5.25 Å². The Balaban J connectivity index is 4.47. The van der Waals surface area contributed by atoms with E-state index in [1.807, 2.05) is 6.92 Å². The summed E-state index contributed by atoms with van der Waals surface area (Å²) < 4.78 is 27.7. The van der Waals surface area contributed by atoms with Crippen LogP contribution in [-0.4, -0.2) is 39.7 Å². The Hall–Kier alpha value is -0.170. The van der Waals surface area contributed by atoms with Crippen LogP contribution in [0.2, 0.25) is 0 Å². The lowest BCUT2D eigenvalue weighted by atomic mass is 9.97. The summed E-state index contributed by atoms with van der Waals surface area (Å²) >= 11 is 0. The van der Waals surface area contributed by atoms with Crippen LogP contribution in [0.4, 0.5) is 0 Å². The summed E-state index contributed by atoms with van der Waals surface area (Å²) in [4.78, 5) is 0. The third-order valence-corrected chi connectivity index (χ3v) is 4.41. The van der Waals surface area contributed by atoms with Crippen molar-refractivity contribution in [3.05, 3.63) is 0 Å². The molecule has 15 heavy (non-hydrogen) atoms. The fourth-order valence-corrected chi connectivity index (χ4v) is 2.39. The number of rotatable bonds is 7. The van der Waals surface area contributed by atoms with Crippen molar-refractivity contribution in [1.29, 1.82) is 0 Å². The third-order valence-electron chi connectivity index (χ3n) is 2.76. The van der Waals surface area contributed by atoms with Gasteiger partial charge in [-0.1, -0.05) is 6.92 Å². The monoisotopic (exact) mass is 238 g/mol. The molecule has 0 aromatic carbocycles. The Morgan fingerprint density at radius 2 is 1.93 bits per heavy atom. The Bertz CT molecular complexity index is 267. The normalized spacial score (nSPS) is 18.5. The van der Waals surface area contributed by atoms with E-state index < -0.39 is 15.1 Å². The van der Waals surface area contributed by atoms with Gasteiger partial charge in [0, 0.05) is 26.0 Å². The minimum absolute atomic E-state index is 0.152. The molecular weight excluding hydrogens is 216 g/mol. The molecule has 0 aromatic heterocycles. The SMILES string of the molecule is COCCC(C)C(NN)C(C)S(C)(=O)=O. The lowest BCUT2D eigenvalue weighted by Gasteiger charge is -2.27. The van der Waals surface area contributed by atoms with Gasteiger partial charge >= 0.3 is 0 Å². The first-order valence-electron chi connectivity index (χ1n) is 4.98. The molecule has 3 atom stereocenters. The van der Waals surface area contributed by atoms with Gasteiger partial charge in [-0.2, -0.15) is 0 Å². The van der Waals surface area contributed by atoms with Gasteiger partial charge in [0.15, 0.2) is 9.84 Å². The summed E-state index contributed by atoms with van der Waals surface area (Å²) in [5.74, 6) is 5.54. The number of ether oxygens (including phenoxy) is 1. The van der Waals surface area contributed by atoms with Gasteiger partial charge in [0.2, 0.25) is 0 Å². The molecule has 3 N–H and O–H groups in total. The van der Waals surface area contributed by atoms with Crippen molar-refractivity contribution in [3.8, 4) is 0 Å². The minimum Gasteiger partial charge on any atom is -0.385 e. The summed E-state index contributed by atoms with van der Waals surface area (Å²) in [6, 6.07) is -0.241. The van der Waals surface area contributed by atoms with Crippen molar-refractivity contribution in [3.63, 3.8) is 0 Å². The Labute approximate surface area is 92.3 Å². The second-order valence-electron chi connectivity index (χ2n) is 3.99. The van der Waals surface area contributed by atoms with Crippen LogP contribution in [-0.2, 0) is 14.6 Å². The predicted molar refractivity (Wildman–Crippen MR) is 61.1 cm³/mol. The highest BCUT2D eigenvalue weighted by atomic mass is 32.2. The molecule has 0 saturated heterocycles. The van der Waals surface area contributed by atoms with Crippen LogP contribution >= 0.6 is 0 Å². The van der Waals surface area contributed by atoms with Crippen LogP contribution in [0.1, 0.15) is 20.3 Å². The van der Waals surface area contributed by atoms with Crippen molar-refractivity contribution in [2.75, 3.05) is 20.0 Å². The van der Waals surface area contributed by atoms with Gasteiger partial charge in [-0.05, 0) is 19.3 Å². The highest BCUT2D eigenvalue weighted by molar-refractivity contribution is 7.91. The molecule has 0 fully saturated rings. The standard InChI is InChI=1S/C9H22N2O3S/c1-7(5-6-14-3)9(11-10)8(2)15(4,12)13/h7-9,11H,5-6,10H2,1-4H3. The van der Waals surface area contributed by atoms with Gasteiger partial charge in [-0.15, -0.1) is 0 Å². The van der Waals surface area contributed by atoms with E-state index in [-0.39, 0.29) is 12.0 Å². The molecule has 0 aliphatic rings. The zero-order valence-electron chi connectivity index (χ0n) is 9.86. The zero-order chi connectivity index (χ0) is 12.1. The molecule has 0 aliphatic carbocycles. The van der Waals surface area contributed by atoms with E-state index in [0.29, 0.717) is 6.61 Å². The topological polar surface area (TPSA) is 81.4 Å². The molecule has 0 aromatic rings. The van der Waals surface area contributed by atoms with Crippen molar-refractivity contribution in [2.24, 2.45) is 11.8 Å². The van der Waals surface area contributed by atoms with E-state index in [9.17, 15) is 8.42 Å². The first-order valence-corrected chi connectivity index (χ1v) is 6.94. The summed E-state index contributed by atoms with van der Waals surface area (Å²) in [6.45, 7) is 4.24. The lowest BCUT2D eigenvalue weighted by Crippen LogP contribution is -2.49. The first-order chi connectivity index (χ1) is 6.84. The van der Waals surface area contributed by atoms with Crippen LogP contribution < -0.4 is 11.3 Å². The summed E-state index contributed by atoms with van der Waals surface area (Å²) in [7, 11) is -1.44. The smallest absolute Gasteiger partial charge is 0.151 e. The quantitative estimate of drug-likeness (QED) is 0.479. The van der Waals surface area contributed by atoms with E-state index in [2.05, 4.69) is 5.43 Å². The molecule has 3 unspecified atom stereocenters. The molecule has 0 bridgehead atoms. The zero-order valence-corrected chi connectivity index (χ0v) is 10.7. The van der Waals surface area contributed by atoms with Crippen molar-refractivity contribution in [1.82, 2.24) is 5.43 Å². The molecule has 6 heteroatoms. The van der Waals surface area contributed by atoms with Crippen molar-refractivity contribution in [2.45, 2.75) is 31.6 Å². The number of methoxy groups -OCH3 is 1. The second kappa shape index (κ2) is 6.42. The number of hydrazine groups is 1. The Morgan fingerprint density at radius 3 is 2.27 bits per heavy atom. The number of nitrogens with one attached hydrogen (secondary N) is 1. The first kappa shape index (κ1) is 14.8. The number of nitrogens with two attached hydrogens (primary N) is 1. The van der Waals surface area contributed by atoms with E-state index in [0.717, 1.165) is 6.42 Å². The van der Waals surface area contributed by atoms with Crippen LogP contribution in [0, 0.1) is 5.92 Å². The molecule has 0 saturated carbocycles. The predicted octanol–water partition coefficient (Wildman–Crippen LogP) is -0.0760. The summed E-state index contributed by atoms with van der Waals surface area (Å²) in [6.07, 6.45) is 2.01. The molecule has 0 heterocycles. The minimum atomic E-state index is -3.07. The van der Waals surface area contributed by atoms with Crippen LogP contribution in [0.25, 0.3) is 0 Å². The number of hydrogen-bond acceptors (Lipinski definition) is 5. The van der Waals surface area contributed by atoms with Crippen LogP contribution in [0.15, 0.2) is 0 Å².